The van der Waals surface area contributed by atoms with Gasteiger partial charge in [0, 0.05) is 24.9 Å². The fourth-order valence-corrected chi connectivity index (χ4v) is 3.15. The zero-order valence-corrected chi connectivity index (χ0v) is 15.2. The maximum Gasteiger partial charge on any atom is 0.416 e. The summed E-state index contributed by atoms with van der Waals surface area (Å²) in [5, 5.41) is 6.98. The van der Waals surface area contributed by atoms with E-state index in [2.05, 4.69) is 15.4 Å². The van der Waals surface area contributed by atoms with Crippen LogP contribution in [0.1, 0.15) is 27.3 Å². The highest BCUT2D eigenvalue weighted by molar-refractivity contribution is 5.92. The molecule has 1 amide bonds. The maximum atomic E-state index is 12.6. The Labute approximate surface area is 164 Å². The van der Waals surface area contributed by atoms with Crippen LogP contribution in [0, 0.1) is 0 Å². The number of amides is 1. The molecule has 9 heteroatoms. The van der Waals surface area contributed by atoms with Gasteiger partial charge in [-0.25, -0.2) is 0 Å². The third-order valence-corrected chi connectivity index (χ3v) is 4.58. The van der Waals surface area contributed by atoms with Gasteiger partial charge in [0.15, 0.2) is 0 Å². The molecule has 1 aromatic carbocycles. The fraction of sp³-hybridized carbons (Fsp3) is 0.250. The lowest BCUT2D eigenvalue weighted by Crippen LogP contribution is -2.24. The lowest BCUT2D eigenvalue weighted by molar-refractivity contribution is -0.137. The van der Waals surface area contributed by atoms with Crippen molar-refractivity contribution >= 4 is 5.91 Å². The first-order chi connectivity index (χ1) is 13.9. The van der Waals surface area contributed by atoms with Crippen LogP contribution in [0.3, 0.4) is 0 Å². The number of ether oxygens (including phenoxy) is 1. The van der Waals surface area contributed by atoms with Crippen LogP contribution in [0.25, 0.3) is 0 Å². The molecule has 6 nitrogen and oxygen atoms in total. The van der Waals surface area contributed by atoms with Gasteiger partial charge in [-0.05, 0) is 35.9 Å². The number of alkyl halides is 3. The topological polar surface area (TPSA) is 69.0 Å². The number of aromatic nitrogens is 3. The predicted octanol–water partition coefficient (Wildman–Crippen LogP) is 3.23. The molecule has 0 fully saturated rings. The van der Waals surface area contributed by atoms with E-state index in [1.807, 2.05) is 6.07 Å². The molecule has 4 rings (SSSR count). The average molecular weight is 402 g/mol. The molecule has 0 spiro atoms. The molecule has 0 saturated carbocycles. The molecule has 3 heterocycles. The molecule has 1 aliphatic rings. The highest BCUT2D eigenvalue weighted by Gasteiger charge is 2.30. The van der Waals surface area contributed by atoms with E-state index in [0.29, 0.717) is 24.3 Å². The van der Waals surface area contributed by atoms with Crippen LogP contribution in [-0.4, -0.2) is 26.8 Å². The summed E-state index contributed by atoms with van der Waals surface area (Å²) in [6.45, 7) is 0.641. The van der Waals surface area contributed by atoms with Crippen molar-refractivity contribution in [1.29, 1.82) is 0 Å². The van der Waals surface area contributed by atoms with Crippen LogP contribution in [0.15, 0.2) is 54.9 Å². The van der Waals surface area contributed by atoms with Crippen molar-refractivity contribution in [2.45, 2.75) is 31.8 Å². The number of halogens is 3. The first-order valence-corrected chi connectivity index (χ1v) is 8.96. The summed E-state index contributed by atoms with van der Waals surface area (Å²) in [5.41, 5.74) is 1.01. The highest BCUT2D eigenvalue weighted by atomic mass is 19.4. The lowest BCUT2D eigenvalue weighted by Gasteiger charge is -2.12. The van der Waals surface area contributed by atoms with Crippen molar-refractivity contribution in [3.8, 4) is 5.75 Å². The molecule has 0 aliphatic carbocycles. The number of nitrogens with one attached hydrogen (secondary N) is 1. The Morgan fingerprint density at radius 1 is 1.24 bits per heavy atom. The molecular formula is C20H17F3N4O2. The van der Waals surface area contributed by atoms with Crippen molar-refractivity contribution < 1.29 is 22.7 Å². The van der Waals surface area contributed by atoms with Gasteiger partial charge in [-0.15, -0.1) is 0 Å². The predicted molar refractivity (Wildman–Crippen MR) is 97.2 cm³/mol. The Hall–Kier alpha value is -3.36. The Morgan fingerprint density at radius 3 is 2.69 bits per heavy atom. The minimum atomic E-state index is -4.38. The van der Waals surface area contributed by atoms with Gasteiger partial charge in [0.05, 0.1) is 18.3 Å². The smallest absolute Gasteiger partial charge is 0.416 e. The molecule has 1 atom stereocenters. The lowest BCUT2D eigenvalue weighted by atomic mass is 10.1. The Morgan fingerprint density at radius 2 is 2.03 bits per heavy atom. The van der Waals surface area contributed by atoms with E-state index in [-0.39, 0.29) is 24.2 Å². The van der Waals surface area contributed by atoms with E-state index in [0.717, 1.165) is 17.8 Å². The van der Waals surface area contributed by atoms with E-state index in [1.165, 1.54) is 12.1 Å². The zero-order valence-electron chi connectivity index (χ0n) is 15.2. The summed E-state index contributed by atoms with van der Waals surface area (Å²) in [4.78, 5) is 16.3. The molecule has 3 aromatic rings. The molecule has 1 N–H and O–H groups in total. The zero-order chi connectivity index (χ0) is 20.4. The van der Waals surface area contributed by atoms with Crippen molar-refractivity contribution in [2.75, 3.05) is 0 Å². The Balaban J connectivity index is 1.32. The number of carbonyl (C=O) groups is 1. The van der Waals surface area contributed by atoms with Gasteiger partial charge in [0.1, 0.15) is 17.5 Å². The normalized spacial score (nSPS) is 15.8. The number of fused-ring (bicyclic) bond motifs is 1. The number of hydrogen-bond donors (Lipinski definition) is 1. The van der Waals surface area contributed by atoms with E-state index < -0.39 is 11.7 Å². The van der Waals surface area contributed by atoms with Crippen LogP contribution in [0.4, 0.5) is 13.2 Å². The van der Waals surface area contributed by atoms with Crippen molar-refractivity contribution in [3.05, 3.63) is 77.4 Å². The molecule has 150 valence electrons. The number of pyridine rings is 1. The van der Waals surface area contributed by atoms with Crippen LogP contribution >= 0.6 is 0 Å². The summed E-state index contributed by atoms with van der Waals surface area (Å²) in [6, 6.07) is 10.0. The average Bonchev–Trinajstić information content (AvgIpc) is 3.25. The quantitative estimate of drug-likeness (QED) is 0.712. The first-order valence-electron chi connectivity index (χ1n) is 8.96. The van der Waals surface area contributed by atoms with E-state index in [9.17, 15) is 18.0 Å². The minimum absolute atomic E-state index is 0.0778. The summed E-state index contributed by atoms with van der Waals surface area (Å²) in [6.07, 6.45) is -0.527. The largest absolute Gasteiger partial charge is 0.486 e. The number of nitrogens with zero attached hydrogens (tertiary/aromatic N) is 3. The summed E-state index contributed by atoms with van der Waals surface area (Å²) in [7, 11) is 0. The van der Waals surface area contributed by atoms with Gasteiger partial charge in [-0.3, -0.25) is 14.5 Å². The second-order valence-electron chi connectivity index (χ2n) is 6.71. The molecule has 29 heavy (non-hydrogen) atoms. The van der Waals surface area contributed by atoms with Crippen LogP contribution in [-0.2, 0) is 25.7 Å². The van der Waals surface area contributed by atoms with Crippen LogP contribution in [0.2, 0.25) is 0 Å². The van der Waals surface area contributed by atoms with Crippen LogP contribution in [0.5, 0.6) is 5.75 Å². The summed E-state index contributed by atoms with van der Waals surface area (Å²) in [5.74, 6) is 0.300. The van der Waals surface area contributed by atoms with Crippen molar-refractivity contribution in [1.82, 2.24) is 20.1 Å². The summed E-state index contributed by atoms with van der Waals surface area (Å²) < 4.78 is 45.4. The second kappa shape index (κ2) is 7.57. The highest BCUT2D eigenvalue weighted by Crippen LogP contribution is 2.29. The van der Waals surface area contributed by atoms with Gasteiger partial charge in [0.25, 0.3) is 5.91 Å². The molecule has 2 aromatic heterocycles. The molecule has 0 saturated heterocycles. The third-order valence-electron chi connectivity index (χ3n) is 4.58. The number of rotatable bonds is 5. The number of hydrogen-bond acceptors (Lipinski definition) is 4. The van der Waals surface area contributed by atoms with Crippen LogP contribution < -0.4 is 10.1 Å². The molecule has 0 bridgehead atoms. The van der Waals surface area contributed by atoms with Gasteiger partial charge < -0.3 is 10.1 Å². The minimum Gasteiger partial charge on any atom is -0.486 e. The van der Waals surface area contributed by atoms with E-state index >= 15 is 0 Å². The first kappa shape index (κ1) is 19.0. The molecule has 0 unspecified atom stereocenters. The molecular weight excluding hydrogens is 385 g/mol. The SMILES string of the molecule is O=C(NCc1ccc(C(F)(F)F)cc1)c1cc2n(n1)C[C@@H](Oc1cccnc1)C2. The molecule has 0 radical (unpaired) electrons. The molecule has 1 aliphatic heterocycles. The van der Waals surface area contributed by atoms with Crippen molar-refractivity contribution in [2.24, 2.45) is 0 Å². The fourth-order valence-electron chi connectivity index (χ4n) is 3.15. The van der Waals surface area contributed by atoms with Gasteiger partial charge in [-0.1, -0.05) is 12.1 Å². The summed E-state index contributed by atoms with van der Waals surface area (Å²) >= 11 is 0. The third kappa shape index (κ3) is 4.39. The van der Waals surface area contributed by atoms with Gasteiger partial charge in [-0.2, -0.15) is 18.3 Å². The van der Waals surface area contributed by atoms with Crippen molar-refractivity contribution in [3.63, 3.8) is 0 Å². The maximum absolute atomic E-state index is 12.6. The van der Waals surface area contributed by atoms with E-state index in [1.54, 1.807) is 29.2 Å². The Kier molecular flexibility index (Phi) is 4.96. The monoisotopic (exact) mass is 402 g/mol. The van der Waals surface area contributed by atoms with E-state index in [4.69, 9.17) is 4.74 Å². The van der Waals surface area contributed by atoms with Gasteiger partial charge >= 0.3 is 6.18 Å². The number of carbonyl (C=O) groups excluding carboxylic acids is 1. The standard InChI is InChI=1S/C20H17F3N4O2/c21-20(22,23)14-5-3-13(4-6-14)10-25-19(28)18-9-15-8-17(12-27(15)26-18)29-16-2-1-7-24-11-16/h1-7,9,11,17H,8,10,12H2,(H,25,28)/t17-/m0/s1. The second-order valence-corrected chi connectivity index (χ2v) is 6.71. The Bertz CT molecular complexity index is 977. The number of benzene rings is 1. The van der Waals surface area contributed by atoms with Gasteiger partial charge in [0.2, 0.25) is 0 Å².